The Labute approximate surface area is 107 Å². The first-order valence-corrected chi connectivity index (χ1v) is 6.57. The van der Waals surface area contributed by atoms with Crippen molar-refractivity contribution >= 4 is 17.2 Å². The highest BCUT2D eigenvalue weighted by Crippen LogP contribution is 2.08. The fourth-order valence-electron chi connectivity index (χ4n) is 1.38. The van der Waals surface area contributed by atoms with Crippen molar-refractivity contribution < 1.29 is 9.53 Å². The van der Waals surface area contributed by atoms with Crippen LogP contribution in [0.5, 0.6) is 0 Å². The van der Waals surface area contributed by atoms with E-state index < -0.39 is 0 Å². The summed E-state index contributed by atoms with van der Waals surface area (Å²) in [5.74, 6) is 0.0904. The van der Waals surface area contributed by atoms with Crippen molar-refractivity contribution in [2.75, 3.05) is 40.4 Å². The molecular weight excluding hydrogens is 236 g/mol. The van der Waals surface area contributed by atoms with Gasteiger partial charge < -0.3 is 15.0 Å². The normalized spacial score (nSPS) is 10.8. The lowest BCUT2D eigenvalue weighted by molar-refractivity contribution is -0.120. The van der Waals surface area contributed by atoms with Gasteiger partial charge in [-0.2, -0.15) is 0 Å². The van der Waals surface area contributed by atoms with Crippen LogP contribution in [-0.2, 0) is 16.0 Å². The van der Waals surface area contributed by atoms with Gasteiger partial charge in [0.15, 0.2) is 0 Å². The highest BCUT2D eigenvalue weighted by molar-refractivity contribution is 7.10. The van der Waals surface area contributed by atoms with E-state index in [-0.39, 0.29) is 5.91 Å². The van der Waals surface area contributed by atoms with Crippen LogP contribution < -0.4 is 5.32 Å². The average molecular weight is 256 g/mol. The predicted octanol–water partition coefficient (Wildman–Crippen LogP) is 0.985. The molecule has 4 nitrogen and oxygen atoms in total. The number of amides is 1. The molecule has 5 heteroatoms. The molecule has 0 aliphatic heterocycles. The zero-order valence-corrected chi connectivity index (χ0v) is 11.3. The number of ether oxygens (including phenoxy) is 1. The zero-order chi connectivity index (χ0) is 12.5. The molecule has 1 rings (SSSR count). The van der Waals surface area contributed by atoms with Gasteiger partial charge in [0.05, 0.1) is 13.0 Å². The molecule has 0 aliphatic carbocycles. The number of nitrogens with zero attached hydrogens (tertiary/aromatic N) is 1. The van der Waals surface area contributed by atoms with Crippen LogP contribution in [0.4, 0.5) is 0 Å². The van der Waals surface area contributed by atoms with Gasteiger partial charge in [0, 0.05) is 31.6 Å². The largest absolute Gasteiger partial charge is 0.383 e. The van der Waals surface area contributed by atoms with Crippen LogP contribution in [0.2, 0.25) is 0 Å². The Kier molecular flexibility index (Phi) is 6.84. The van der Waals surface area contributed by atoms with Crippen LogP contribution in [-0.4, -0.2) is 51.2 Å². The second kappa shape index (κ2) is 8.22. The lowest BCUT2D eigenvalue weighted by atomic mass is 10.3. The van der Waals surface area contributed by atoms with E-state index in [4.69, 9.17) is 4.74 Å². The SMILES string of the molecule is COCCN(C)CCNC(=O)Cc1cccs1. The molecule has 0 radical (unpaired) electrons. The van der Waals surface area contributed by atoms with E-state index in [0.29, 0.717) is 13.0 Å². The Bertz CT molecular complexity index is 314. The highest BCUT2D eigenvalue weighted by Gasteiger charge is 2.04. The molecule has 0 saturated heterocycles. The topological polar surface area (TPSA) is 41.6 Å². The number of hydrogen-bond donors (Lipinski definition) is 1. The van der Waals surface area contributed by atoms with Crippen molar-refractivity contribution in [1.29, 1.82) is 0 Å². The number of carbonyl (C=O) groups excluding carboxylic acids is 1. The molecular formula is C12H20N2O2S. The van der Waals surface area contributed by atoms with Crippen LogP contribution in [0.15, 0.2) is 17.5 Å². The van der Waals surface area contributed by atoms with E-state index >= 15 is 0 Å². The number of rotatable bonds is 8. The summed E-state index contributed by atoms with van der Waals surface area (Å²) in [6.07, 6.45) is 0.486. The second-order valence-electron chi connectivity index (χ2n) is 3.90. The molecule has 1 heterocycles. The first-order valence-electron chi connectivity index (χ1n) is 5.69. The Morgan fingerprint density at radius 1 is 1.53 bits per heavy atom. The summed E-state index contributed by atoms with van der Waals surface area (Å²) in [7, 11) is 3.71. The first-order chi connectivity index (χ1) is 8.22. The molecule has 17 heavy (non-hydrogen) atoms. The molecule has 0 atom stereocenters. The number of likely N-dealkylation sites (N-methyl/N-ethyl adjacent to an activating group) is 1. The van der Waals surface area contributed by atoms with E-state index in [2.05, 4.69) is 10.2 Å². The molecule has 0 spiro atoms. The Morgan fingerprint density at radius 2 is 2.35 bits per heavy atom. The van der Waals surface area contributed by atoms with E-state index in [1.54, 1.807) is 18.4 Å². The van der Waals surface area contributed by atoms with Crippen molar-refractivity contribution in [3.63, 3.8) is 0 Å². The molecule has 96 valence electrons. The van der Waals surface area contributed by atoms with Crippen LogP contribution in [0.25, 0.3) is 0 Å². The van der Waals surface area contributed by atoms with Gasteiger partial charge in [0.1, 0.15) is 0 Å². The van der Waals surface area contributed by atoms with Crippen molar-refractivity contribution in [1.82, 2.24) is 10.2 Å². The van der Waals surface area contributed by atoms with Gasteiger partial charge in [-0.3, -0.25) is 4.79 Å². The summed E-state index contributed by atoms with van der Waals surface area (Å²) in [5.41, 5.74) is 0. The van der Waals surface area contributed by atoms with Crippen molar-refractivity contribution in [2.45, 2.75) is 6.42 Å². The van der Waals surface area contributed by atoms with Crippen LogP contribution >= 0.6 is 11.3 Å². The Morgan fingerprint density at radius 3 is 3.00 bits per heavy atom. The summed E-state index contributed by atoms with van der Waals surface area (Å²) in [6, 6.07) is 3.95. The van der Waals surface area contributed by atoms with Crippen molar-refractivity contribution in [2.24, 2.45) is 0 Å². The van der Waals surface area contributed by atoms with E-state index in [9.17, 15) is 4.79 Å². The van der Waals surface area contributed by atoms with Gasteiger partial charge in [-0.25, -0.2) is 0 Å². The third-order valence-electron chi connectivity index (χ3n) is 2.41. The summed E-state index contributed by atoms with van der Waals surface area (Å²) < 4.78 is 4.98. The molecule has 1 N–H and O–H groups in total. The average Bonchev–Trinajstić information content (AvgIpc) is 2.79. The Hall–Kier alpha value is -0.910. The van der Waals surface area contributed by atoms with E-state index in [0.717, 1.165) is 24.6 Å². The van der Waals surface area contributed by atoms with Gasteiger partial charge in [-0.05, 0) is 18.5 Å². The zero-order valence-electron chi connectivity index (χ0n) is 10.4. The summed E-state index contributed by atoms with van der Waals surface area (Å²) in [6.45, 7) is 3.14. The molecule has 0 unspecified atom stereocenters. The number of hydrogen-bond acceptors (Lipinski definition) is 4. The Balaban J connectivity index is 2.08. The number of nitrogens with one attached hydrogen (secondary N) is 1. The maximum atomic E-state index is 11.6. The quantitative estimate of drug-likeness (QED) is 0.754. The minimum atomic E-state index is 0.0904. The van der Waals surface area contributed by atoms with Gasteiger partial charge in [-0.15, -0.1) is 11.3 Å². The fraction of sp³-hybridized carbons (Fsp3) is 0.583. The van der Waals surface area contributed by atoms with Gasteiger partial charge in [-0.1, -0.05) is 6.07 Å². The van der Waals surface area contributed by atoms with Crippen molar-refractivity contribution in [3.8, 4) is 0 Å². The molecule has 0 aliphatic rings. The third kappa shape index (κ3) is 6.41. The predicted molar refractivity (Wildman–Crippen MR) is 70.4 cm³/mol. The summed E-state index contributed by atoms with van der Waals surface area (Å²) >= 11 is 1.61. The first kappa shape index (κ1) is 14.2. The van der Waals surface area contributed by atoms with Crippen LogP contribution in [0, 0.1) is 0 Å². The molecule has 0 fully saturated rings. The highest BCUT2D eigenvalue weighted by atomic mass is 32.1. The second-order valence-corrected chi connectivity index (χ2v) is 4.93. The molecule has 1 amide bonds. The summed E-state index contributed by atoms with van der Waals surface area (Å²) in [4.78, 5) is 14.8. The fourth-order valence-corrected chi connectivity index (χ4v) is 2.08. The molecule has 0 bridgehead atoms. The minimum Gasteiger partial charge on any atom is -0.383 e. The monoisotopic (exact) mass is 256 g/mol. The molecule has 1 aromatic heterocycles. The van der Waals surface area contributed by atoms with E-state index in [1.807, 2.05) is 24.6 Å². The number of methoxy groups -OCH3 is 1. The minimum absolute atomic E-state index is 0.0904. The summed E-state index contributed by atoms with van der Waals surface area (Å²) in [5, 5.41) is 4.90. The number of thiophene rings is 1. The maximum Gasteiger partial charge on any atom is 0.225 e. The molecule has 0 aromatic carbocycles. The standard InChI is InChI=1S/C12H20N2O2S/c1-14(7-8-16-2)6-5-13-12(15)10-11-4-3-9-17-11/h3-4,9H,5-8,10H2,1-2H3,(H,13,15). The van der Waals surface area contributed by atoms with Crippen LogP contribution in [0.3, 0.4) is 0 Å². The lowest BCUT2D eigenvalue weighted by Crippen LogP contribution is -2.34. The third-order valence-corrected chi connectivity index (χ3v) is 3.28. The smallest absolute Gasteiger partial charge is 0.225 e. The van der Waals surface area contributed by atoms with Gasteiger partial charge in [0.25, 0.3) is 0 Å². The number of carbonyl (C=O) groups is 1. The maximum absolute atomic E-state index is 11.6. The lowest BCUT2D eigenvalue weighted by Gasteiger charge is -2.15. The van der Waals surface area contributed by atoms with Crippen molar-refractivity contribution in [3.05, 3.63) is 22.4 Å². The molecule has 0 saturated carbocycles. The molecule has 1 aromatic rings. The van der Waals surface area contributed by atoms with Crippen LogP contribution in [0.1, 0.15) is 4.88 Å². The van der Waals surface area contributed by atoms with Gasteiger partial charge >= 0.3 is 0 Å². The van der Waals surface area contributed by atoms with E-state index in [1.165, 1.54) is 0 Å². The van der Waals surface area contributed by atoms with Gasteiger partial charge in [0.2, 0.25) is 5.91 Å².